The SMILES string of the molecule is Cc1nc(SCC(=O)Nc2ccc(OC(F)F)cc2)c2c3c(sc2n1)CCCC3. The highest BCUT2D eigenvalue weighted by molar-refractivity contribution is 8.00. The largest absolute Gasteiger partial charge is 0.435 e. The minimum atomic E-state index is -2.87. The molecule has 1 aromatic carbocycles. The fourth-order valence-electron chi connectivity index (χ4n) is 3.38. The average molecular weight is 436 g/mol. The van der Waals surface area contributed by atoms with Gasteiger partial charge in [0.25, 0.3) is 0 Å². The smallest absolute Gasteiger partial charge is 0.387 e. The first-order valence-corrected chi connectivity index (χ1v) is 11.1. The molecule has 1 N–H and O–H groups in total. The molecule has 0 spiro atoms. The quantitative estimate of drug-likeness (QED) is 0.425. The summed E-state index contributed by atoms with van der Waals surface area (Å²) in [5.41, 5.74) is 1.86. The second kappa shape index (κ2) is 8.62. The summed E-state index contributed by atoms with van der Waals surface area (Å²) in [4.78, 5) is 24.0. The summed E-state index contributed by atoms with van der Waals surface area (Å²) in [5, 5.41) is 4.72. The molecule has 1 aliphatic rings. The number of anilines is 1. The van der Waals surface area contributed by atoms with Gasteiger partial charge in [-0.05, 0) is 62.4 Å². The highest BCUT2D eigenvalue weighted by Gasteiger charge is 2.21. The summed E-state index contributed by atoms with van der Waals surface area (Å²) in [6.07, 6.45) is 4.50. The first-order chi connectivity index (χ1) is 14.0. The van der Waals surface area contributed by atoms with Crippen LogP contribution in [0.4, 0.5) is 14.5 Å². The Hall–Kier alpha value is -2.26. The van der Waals surface area contributed by atoms with Gasteiger partial charge >= 0.3 is 6.61 Å². The van der Waals surface area contributed by atoms with Crippen LogP contribution in [-0.4, -0.2) is 28.2 Å². The number of amides is 1. The molecule has 2 heterocycles. The van der Waals surface area contributed by atoms with Gasteiger partial charge in [-0.1, -0.05) is 11.8 Å². The van der Waals surface area contributed by atoms with Crippen LogP contribution in [0.1, 0.15) is 29.1 Å². The van der Waals surface area contributed by atoms with E-state index in [0.29, 0.717) is 11.5 Å². The topological polar surface area (TPSA) is 64.1 Å². The number of halogens is 2. The van der Waals surface area contributed by atoms with Crippen molar-refractivity contribution in [3.63, 3.8) is 0 Å². The van der Waals surface area contributed by atoms with Crippen molar-refractivity contribution in [1.29, 1.82) is 0 Å². The van der Waals surface area contributed by atoms with Crippen LogP contribution in [0.2, 0.25) is 0 Å². The number of aryl methyl sites for hydroxylation is 3. The highest BCUT2D eigenvalue weighted by Crippen LogP contribution is 2.39. The number of nitrogens with zero attached hydrogens (tertiary/aromatic N) is 2. The maximum absolute atomic E-state index is 12.4. The van der Waals surface area contributed by atoms with Gasteiger partial charge in [-0.25, -0.2) is 9.97 Å². The first kappa shape index (κ1) is 20.0. The Morgan fingerprint density at radius 1 is 1.24 bits per heavy atom. The second-order valence-corrected chi connectivity index (χ2v) is 8.75. The third-order valence-electron chi connectivity index (χ3n) is 4.60. The van der Waals surface area contributed by atoms with E-state index in [1.54, 1.807) is 11.3 Å². The van der Waals surface area contributed by atoms with Crippen LogP contribution >= 0.6 is 23.1 Å². The molecule has 3 aromatic rings. The Balaban J connectivity index is 1.45. The number of thiophene rings is 1. The van der Waals surface area contributed by atoms with Crippen LogP contribution < -0.4 is 10.1 Å². The molecule has 29 heavy (non-hydrogen) atoms. The van der Waals surface area contributed by atoms with Crippen LogP contribution in [0.3, 0.4) is 0 Å². The van der Waals surface area contributed by atoms with Crippen LogP contribution in [0.15, 0.2) is 29.3 Å². The standard InChI is InChI=1S/C20H19F2N3O2S2/c1-11-23-18(17-14-4-2-3-5-15(14)29-19(17)24-11)28-10-16(26)25-12-6-8-13(9-7-12)27-20(21)22/h6-9,20H,2-5,10H2,1H3,(H,25,26). The van der Waals surface area contributed by atoms with Gasteiger partial charge in [-0.3, -0.25) is 4.79 Å². The maximum atomic E-state index is 12.4. The first-order valence-electron chi connectivity index (χ1n) is 9.26. The fraction of sp³-hybridized carbons (Fsp3) is 0.350. The number of hydrogen-bond acceptors (Lipinski definition) is 6. The van der Waals surface area contributed by atoms with Crippen LogP contribution in [-0.2, 0) is 17.6 Å². The van der Waals surface area contributed by atoms with Crippen molar-refractivity contribution in [1.82, 2.24) is 9.97 Å². The number of hydrogen-bond donors (Lipinski definition) is 1. The molecular formula is C20H19F2N3O2S2. The number of thioether (sulfide) groups is 1. The van der Waals surface area contributed by atoms with Crippen molar-refractivity contribution in [3.05, 3.63) is 40.5 Å². The lowest BCUT2D eigenvalue weighted by atomic mass is 9.97. The van der Waals surface area contributed by atoms with Crippen molar-refractivity contribution in [2.75, 3.05) is 11.1 Å². The zero-order valence-corrected chi connectivity index (χ0v) is 17.3. The molecule has 0 saturated heterocycles. The Morgan fingerprint density at radius 3 is 2.76 bits per heavy atom. The number of fused-ring (bicyclic) bond motifs is 3. The Labute approximate surface area is 174 Å². The lowest BCUT2D eigenvalue weighted by Gasteiger charge is -2.12. The Bertz CT molecular complexity index is 1040. The summed E-state index contributed by atoms with van der Waals surface area (Å²) in [6.45, 7) is -1.01. The van der Waals surface area contributed by atoms with E-state index in [4.69, 9.17) is 0 Å². The Kier molecular flexibility index (Phi) is 5.96. The van der Waals surface area contributed by atoms with Gasteiger partial charge < -0.3 is 10.1 Å². The van der Waals surface area contributed by atoms with Crippen molar-refractivity contribution in [3.8, 4) is 5.75 Å². The molecule has 0 aliphatic heterocycles. The molecule has 0 fully saturated rings. The molecular weight excluding hydrogens is 416 g/mol. The number of rotatable bonds is 6. The van der Waals surface area contributed by atoms with E-state index in [0.717, 1.165) is 28.1 Å². The maximum Gasteiger partial charge on any atom is 0.387 e. The molecule has 1 amide bonds. The van der Waals surface area contributed by atoms with E-state index in [2.05, 4.69) is 20.0 Å². The summed E-state index contributed by atoms with van der Waals surface area (Å²) >= 11 is 3.14. The van der Waals surface area contributed by atoms with Crippen molar-refractivity contribution in [2.24, 2.45) is 0 Å². The Morgan fingerprint density at radius 2 is 2.00 bits per heavy atom. The van der Waals surface area contributed by atoms with Gasteiger partial charge in [0.15, 0.2) is 0 Å². The molecule has 2 aromatic heterocycles. The molecule has 0 unspecified atom stereocenters. The van der Waals surface area contributed by atoms with Crippen molar-refractivity contribution < 1.29 is 18.3 Å². The van der Waals surface area contributed by atoms with E-state index < -0.39 is 6.61 Å². The fourth-order valence-corrected chi connectivity index (χ4v) is 5.65. The van der Waals surface area contributed by atoms with Gasteiger partial charge in [0.2, 0.25) is 5.91 Å². The van der Waals surface area contributed by atoms with Gasteiger partial charge in [-0.15, -0.1) is 11.3 Å². The van der Waals surface area contributed by atoms with Crippen LogP contribution in [0, 0.1) is 6.92 Å². The van der Waals surface area contributed by atoms with Gasteiger partial charge in [-0.2, -0.15) is 8.78 Å². The van der Waals surface area contributed by atoms with Crippen molar-refractivity contribution >= 4 is 44.9 Å². The highest BCUT2D eigenvalue weighted by atomic mass is 32.2. The van der Waals surface area contributed by atoms with E-state index in [1.807, 2.05) is 6.92 Å². The number of ether oxygens (including phenoxy) is 1. The predicted octanol–water partition coefficient (Wildman–Crippen LogP) is 5.21. The lowest BCUT2D eigenvalue weighted by Crippen LogP contribution is -2.14. The minimum Gasteiger partial charge on any atom is -0.435 e. The molecule has 9 heteroatoms. The summed E-state index contributed by atoms with van der Waals surface area (Å²) < 4.78 is 28.7. The van der Waals surface area contributed by atoms with Crippen LogP contribution in [0.25, 0.3) is 10.2 Å². The zero-order chi connectivity index (χ0) is 20.4. The van der Waals surface area contributed by atoms with Gasteiger partial charge in [0.1, 0.15) is 21.4 Å². The molecule has 1 aliphatic carbocycles. The summed E-state index contributed by atoms with van der Waals surface area (Å²) in [7, 11) is 0. The molecule has 152 valence electrons. The minimum absolute atomic E-state index is 0.0495. The third-order valence-corrected chi connectivity index (χ3v) is 6.76. The predicted molar refractivity (Wildman–Crippen MR) is 111 cm³/mol. The average Bonchev–Trinajstić information content (AvgIpc) is 3.05. The molecule has 0 bridgehead atoms. The zero-order valence-electron chi connectivity index (χ0n) is 15.7. The molecule has 0 atom stereocenters. The number of carbonyl (C=O) groups is 1. The third kappa shape index (κ3) is 4.67. The van der Waals surface area contributed by atoms with E-state index in [-0.39, 0.29) is 17.4 Å². The van der Waals surface area contributed by atoms with Crippen molar-refractivity contribution in [2.45, 2.75) is 44.2 Å². The normalized spacial score (nSPS) is 13.5. The molecule has 4 rings (SSSR count). The number of carbonyl (C=O) groups excluding carboxylic acids is 1. The van der Waals surface area contributed by atoms with Gasteiger partial charge in [0.05, 0.1) is 5.75 Å². The second-order valence-electron chi connectivity index (χ2n) is 6.71. The van der Waals surface area contributed by atoms with Gasteiger partial charge in [0, 0.05) is 16.0 Å². The number of aromatic nitrogens is 2. The number of benzene rings is 1. The number of nitrogens with one attached hydrogen (secondary N) is 1. The molecule has 0 radical (unpaired) electrons. The molecule has 0 saturated carbocycles. The summed E-state index contributed by atoms with van der Waals surface area (Å²) in [6, 6.07) is 5.85. The molecule has 5 nitrogen and oxygen atoms in total. The lowest BCUT2D eigenvalue weighted by molar-refractivity contribution is -0.113. The van der Waals surface area contributed by atoms with E-state index in [9.17, 15) is 13.6 Å². The van der Waals surface area contributed by atoms with E-state index in [1.165, 1.54) is 59.3 Å². The monoisotopic (exact) mass is 435 g/mol. The summed E-state index contributed by atoms with van der Waals surface area (Å²) in [5.74, 6) is 0.763. The number of alkyl halides is 2. The van der Waals surface area contributed by atoms with E-state index >= 15 is 0 Å². The van der Waals surface area contributed by atoms with Crippen LogP contribution in [0.5, 0.6) is 5.75 Å².